The number of aliphatic hydroxyl groups excluding tert-OH is 1. The fourth-order valence-electron chi connectivity index (χ4n) is 1.59. The van der Waals surface area contributed by atoms with Crippen molar-refractivity contribution in [3.63, 3.8) is 0 Å². The maximum Gasteiger partial charge on any atom is 0.164 e. The molecule has 96 valence electrons. The van der Waals surface area contributed by atoms with E-state index in [2.05, 4.69) is 0 Å². The summed E-state index contributed by atoms with van der Waals surface area (Å²) in [4.78, 5) is 0. The van der Waals surface area contributed by atoms with Crippen LogP contribution in [0.5, 0.6) is 17.2 Å². The molecule has 1 aromatic rings. The molecule has 1 aromatic carbocycles. The molecule has 0 amide bonds. The molecule has 5 nitrogen and oxygen atoms in total. The Balaban J connectivity index is 3.09. The average molecular weight is 241 g/mol. The fraction of sp³-hybridized carbons (Fsp3) is 0.500. The van der Waals surface area contributed by atoms with Gasteiger partial charge in [0.1, 0.15) is 5.75 Å². The molecule has 0 aliphatic rings. The first-order valence-corrected chi connectivity index (χ1v) is 5.33. The lowest BCUT2D eigenvalue weighted by atomic mass is 10.1. The highest BCUT2D eigenvalue weighted by Gasteiger charge is 2.14. The van der Waals surface area contributed by atoms with Crippen molar-refractivity contribution in [2.75, 3.05) is 27.9 Å². The summed E-state index contributed by atoms with van der Waals surface area (Å²) in [6.07, 6.45) is -0.179. The van der Waals surface area contributed by atoms with Crippen molar-refractivity contribution in [2.45, 2.75) is 12.5 Å². The van der Waals surface area contributed by atoms with E-state index in [0.717, 1.165) is 5.56 Å². The van der Waals surface area contributed by atoms with Crippen molar-refractivity contribution in [3.8, 4) is 17.2 Å². The average Bonchev–Trinajstić information content (AvgIpc) is 2.37. The van der Waals surface area contributed by atoms with Gasteiger partial charge in [-0.2, -0.15) is 0 Å². The molecule has 0 aromatic heterocycles. The topological polar surface area (TPSA) is 73.9 Å². The van der Waals surface area contributed by atoms with E-state index in [1.165, 1.54) is 0 Å². The molecule has 3 N–H and O–H groups in total. The van der Waals surface area contributed by atoms with Crippen LogP contribution in [0, 0.1) is 0 Å². The Labute approximate surface area is 101 Å². The van der Waals surface area contributed by atoms with Gasteiger partial charge in [0.15, 0.2) is 11.5 Å². The Bertz CT molecular complexity index is 368. The number of methoxy groups -OCH3 is 3. The predicted octanol–water partition coefficient (Wildman–Crippen LogP) is 0.575. The molecule has 0 saturated heterocycles. The second-order valence-corrected chi connectivity index (χ2v) is 3.61. The van der Waals surface area contributed by atoms with Gasteiger partial charge < -0.3 is 25.1 Å². The first kappa shape index (κ1) is 13.6. The molecule has 0 spiro atoms. The summed E-state index contributed by atoms with van der Waals surface area (Å²) in [6, 6.07) is 3.52. The second kappa shape index (κ2) is 6.32. The maximum absolute atomic E-state index is 9.57. The number of nitrogens with two attached hydrogens (primary N) is 1. The largest absolute Gasteiger partial charge is 0.496 e. The zero-order chi connectivity index (χ0) is 12.8. The lowest BCUT2D eigenvalue weighted by molar-refractivity contribution is 0.182. The van der Waals surface area contributed by atoms with Gasteiger partial charge in [-0.1, -0.05) is 0 Å². The molecule has 0 fully saturated rings. The van der Waals surface area contributed by atoms with Gasteiger partial charge in [0.05, 0.1) is 27.4 Å². The standard InChI is InChI=1S/C12H19NO4/c1-15-10-6-12(17-3)11(16-2)5-8(10)4-9(14)7-13/h5-6,9,14H,4,7,13H2,1-3H3. The Morgan fingerprint density at radius 1 is 1.06 bits per heavy atom. The molecule has 0 aliphatic heterocycles. The van der Waals surface area contributed by atoms with Crippen molar-refractivity contribution in [1.29, 1.82) is 0 Å². The molecular formula is C12H19NO4. The Kier molecular flexibility index (Phi) is 5.06. The van der Waals surface area contributed by atoms with E-state index in [4.69, 9.17) is 19.9 Å². The molecule has 0 radical (unpaired) electrons. The summed E-state index contributed by atoms with van der Waals surface area (Å²) in [5.74, 6) is 1.85. The number of aliphatic hydroxyl groups is 1. The number of rotatable bonds is 6. The predicted molar refractivity (Wildman–Crippen MR) is 64.9 cm³/mol. The Morgan fingerprint density at radius 3 is 2.06 bits per heavy atom. The van der Waals surface area contributed by atoms with Crippen molar-refractivity contribution < 1.29 is 19.3 Å². The van der Waals surface area contributed by atoms with Crippen LogP contribution in [0.2, 0.25) is 0 Å². The SMILES string of the molecule is COc1cc(OC)c(OC)cc1CC(O)CN. The molecular weight excluding hydrogens is 222 g/mol. The van der Waals surface area contributed by atoms with Gasteiger partial charge in [-0.25, -0.2) is 0 Å². The first-order chi connectivity index (χ1) is 8.15. The van der Waals surface area contributed by atoms with Crippen LogP contribution in [0.15, 0.2) is 12.1 Å². The summed E-state index contributed by atoms with van der Waals surface area (Å²) in [5, 5.41) is 9.57. The van der Waals surface area contributed by atoms with E-state index in [1.807, 2.05) is 0 Å². The van der Waals surface area contributed by atoms with E-state index >= 15 is 0 Å². The van der Waals surface area contributed by atoms with E-state index in [0.29, 0.717) is 23.7 Å². The summed E-state index contributed by atoms with van der Waals surface area (Å²) in [6.45, 7) is 0.206. The van der Waals surface area contributed by atoms with E-state index in [1.54, 1.807) is 33.5 Å². The summed E-state index contributed by atoms with van der Waals surface area (Å²) >= 11 is 0. The van der Waals surface area contributed by atoms with Crippen LogP contribution in [0.3, 0.4) is 0 Å². The van der Waals surface area contributed by atoms with Crippen LogP contribution in [-0.2, 0) is 6.42 Å². The van der Waals surface area contributed by atoms with E-state index in [-0.39, 0.29) is 6.54 Å². The van der Waals surface area contributed by atoms with Crippen molar-refractivity contribution >= 4 is 0 Å². The van der Waals surface area contributed by atoms with Gasteiger partial charge in [-0.15, -0.1) is 0 Å². The molecule has 0 aliphatic carbocycles. The van der Waals surface area contributed by atoms with Gasteiger partial charge in [0.25, 0.3) is 0 Å². The lowest BCUT2D eigenvalue weighted by Gasteiger charge is -2.15. The third-order valence-corrected chi connectivity index (χ3v) is 2.51. The highest BCUT2D eigenvalue weighted by molar-refractivity contribution is 5.50. The van der Waals surface area contributed by atoms with Crippen molar-refractivity contribution in [2.24, 2.45) is 5.73 Å². The second-order valence-electron chi connectivity index (χ2n) is 3.61. The number of benzene rings is 1. The quantitative estimate of drug-likeness (QED) is 0.762. The summed E-state index contributed by atoms with van der Waals surface area (Å²) in [5.41, 5.74) is 6.23. The van der Waals surface area contributed by atoms with Crippen LogP contribution in [-0.4, -0.2) is 39.1 Å². The number of hydrogen-bond acceptors (Lipinski definition) is 5. The highest BCUT2D eigenvalue weighted by atomic mass is 16.5. The van der Waals surface area contributed by atoms with E-state index in [9.17, 15) is 5.11 Å². The Morgan fingerprint density at radius 2 is 1.59 bits per heavy atom. The van der Waals surface area contributed by atoms with Crippen LogP contribution >= 0.6 is 0 Å². The van der Waals surface area contributed by atoms with Crippen LogP contribution < -0.4 is 19.9 Å². The number of ether oxygens (including phenoxy) is 3. The minimum absolute atomic E-state index is 0.206. The Hall–Kier alpha value is -1.46. The first-order valence-electron chi connectivity index (χ1n) is 5.33. The number of hydrogen-bond donors (Lipinski definition) is 2. The lowest BCUT2D eigenvalue weighted by Crippen LogP contribution is -2.22. The van der Waals surface area contributed by atoms with Gasteiger partial charge in [0.2, 0.25) is 0 Å². The van der Waals surface area contributed by atoms with Gasteiger partial charge in [0, 0.05) is 24.6 Å². The molecule has 17 heavy (non-hydrogen) atoms. The third kappa shape index (κ3) is 3.25. The van der Waals surface area contributed by atoms with Gasteiger partial charge >= 0.3 is 0 Å². The minimum Gasteiger partial charge on any atom is -0.496 e. The molecule has 1 unspecified atom stereocenters. The summed E-state index contributed by atoms with van der Waals surface area (Å²) < 4.78 is 15.6. The van der Waals surface area contributed by atoms with Crippen molar-refractivity contribution in [3.05, 3.63) is 17.7 Å². The highest BCUT2D eigenvalue weighted by Crippen LogP contribution is 2.35. The maximum atomic E-state index is 9.57. The zero-order valence-corrected chi connectivity index (χ0v) is 10.4. The van der Waals surface area contributed by atoms with E-state index < -0.39 is 6.10 Å². The molecule has 0 bridgehead atoms. The monoisotopic (exact) mass is 241 g/mol. The molecule has 1 atom stereocenters. The van der Waals surface area contributed by atoms with Gasteiger partial charge in [-0.3, -0.25) is 0 Å². The minimum atomic E-state index is -0.595. The molecule has 0 saturated carbocycles. The van der Waals surface area contributed by atoms with Crippen LogP contribution in [0.4, 0.5) is 0 Å². The smallest absolute Gasteiger partial charge is 0.164 e. The zero-order valence-electron chi connectivity index (χ0n) is 10.4. The normalized spacial score (nSPS) is 12.1. The van der Waals surface area contributed by atoms with Crippen LogP contribution in [0.1, 0.15) is 5.56 Å². The fourth-order valence-corrected chi connectivity index (χ4v) is 1.59. The third-order valence-electron chi connectivity index (χ3n) is 2.51. The van der Waals surface area contributed by atoms with Gasteiger partial charge in [-0.05, 0) is 6.07 Å². The molecule has 5 heteroatoms. The molecule has 1 rings (SSSR count). The van der Waals surface area contributed by atoms with Crippen molar-refractivity contribution in [1.82, 2.24) is 0 Å². The summed E-state index contributed by atoms with van der Waals surface area (Å²) in [7, 11) is 4.69. The van der Waals surface area contributed by atoms with Crippen LogP contribution in [0.25, 0.3) is 0 Å². The molecule has 0 heterocycles.